The van der Waals surface area contributed by atoms with E-state index < -0.39 is 53.4 Å². The zero-order chi connectivity index (χ0) is 18.7. The first kappa shape index (κ1) is 22.9. The molecular weight excluding hydrogens is 429 g/mol. The summed E-state index contributed by atoms with van der Waals surface area (Å²) in [5.74, 6) is -5.48. The molecule has 0 N–H and O–H groups in total. The minimum absolute atomic E-state index is 0.198. The van der Waals surface area contributed by atoms with Gasteiger partial charge < -0.3 is 4.74 Å². The lowest BCUT2D eigenvalue weighted by molar-refractivity contribution is -0.370. The maximum Gasteiger partial charge on any atom is 0.419 e. The lowest BCUT2D eigenvalue weighted by Gasteiger charge is -2.32. The molecule has 0 aromatic rings. The fourth-order valence-corrected chi connectivity index (χ4v) is 1.92. The fourth-order valence-electron chi connectivity index (χ4n) is 1.09. The highest BCUT2D eigenvalue weighted by Gasteiger charge is 2.62. The predicted octanol–water partition coefficient (Wildman–Crippen LogP) is 3.56. The van der Waals surface area contributed by atoms with Crippen molar-refractivity contribution in [1.29, 1.82) is 0 Å². The van der Waals surface area contributed by atoms with Crippen molar-refractivity contribution >= 4 is 26.0 Å². The van der Waals surface area contributed by atoms with Gasteiger partial charge in [-0.2, -0.15) is 39.2 Å². The lowest BCUT2D eigenvalue weighted by atomic mass is 9.96. The van der Waals surface area contributed by atoms with E-state index in [0.717, 1.165) is 6.92 Å². The van der Waals surface area contributed by atoms with Gasteiger partial charge in [0.25, 0.3) is 10.1 Å². The number of hydrogen-bond donors (Lipinski definition) is 0. The fraction of sp³-hybridized carbons (Fsp3) is 1.00. The van der Waals surface area contributed by atoms with E-state index in [2.05, 4.69) is 24.8 Å². The SMILES string of the molecule is CC(CBr)(COC(F)(F)C(F)(F)CC(F)(F)F)COS(C)(=O)=O. The highest BCUT2D eigenvalue weighted by atomic mass is 79.9. The molecule has 0 aromatic heterocycles. The van der Waals surface area contributed by atoms with E-state index in [9.17, 15) is 39.2 Å². The van der Waals surface area contributed by atoms with Crippen LogP contribution in [0.4, 0.5) is 30.7 Å². The summed E-state index contributed by atoms with van der Waals surface area (Å²) in [4.78, 5) is 0. The molecule has 0 fully saturated rings. The summed E-state index contributed by atoms with van der Waals surface area (Å²) in [7, 11) is -3.93. The molecule has 13 heteroatoms. The molecule has 0 bridgehead atoms. The Morgan fingerprint density at radius 1 is 1.00 bits per heavy atom. The van der Waals surface area contributed by atoms with E-state index >= 15 is 0 Å². The molecule has 0 aliphatic heterocycles. The molecule has 0 saturated carbocycles. The summed E-state index contributed by atoms with van der Waals surface area (Å²) in [6, 6.07) is 0. The summed E-state index contributed by atoms with van der Waals surface area (Å²) < 4.78 is 118. The van der Waals surface area contributed by atoms with Crippen LogP contribution in [0.1, 0.15) is 13.3 Å². The molecule has 0 aliphatic rings. The Morgan fingerprint density at radius 3 is 1.83 bits per heavy atom. The van der Waals surface area contributed by atoms with Crippen molar-refractivity contribution < 1.29 is 48.1 Å². The van der Waals surface area contributed by atoms with Gasteiger partial charge in [-0.25, -0.2) is 0 Å². The van der Waals surface area contributed by atoms with Crippen molar-refractivity contribution in [3.05, 3.63) is 0 Å². The summed E-state index contributed by atoms with van der Waals surface area (Å²) in [6.45, 7) is -0.711. The Hall–Kier alpha value is -0.140. The van der Waals surface area contributed by atoms with Gasteiger partial charge in [0.1, 0.15) is 6.42 Å². The number of rotatable bonds is 9. The van der Waals surface area contributed by atoms with Gasteiger partial charge in [0.15, 0.2) is 0 Å². The molecule has 0 heterocycles. The Bertz CT molecular complexity index is 494. The van der Waals surface area contributed by atoms with Crippen LogP contribution in [-0.4, -0.2) is 51.4 Å². The monoisotopic (exact) mass is 442 g/mol. The molecule has 0 saturated heterocycles. The Morgan fingerprint density at radius 2 is 1.48 bits per heavy atom. The zero-order valence-electron chi connectivity index (χ0n) is 11.9. The molecule has 0 rings (SSSR count). The third-order valence-electron chi connectivity index (χ3n) is 2.39. The molecule has 0 amide bonds. The topological polar surface area (TPSA) is 52.6 Å². The number of alkyl halides is 8. The van der Waals surface area contributed by atoms with Crippen LogP contribution in [0.15, 0.2) is 0 Å². The van der Waals surface area contributed by atoms with E-state index in [1.807, 2.05) is 0 Å². The Balaban J connectivity index is 4.95. The summed E-state index contributed by atoms with van der Waals surface area (Å²) >= 11 is 2.84. The smallest absolute Gasteiger partial charge is 0.315 e. The van der Waals surface area contributed by atoms with Gasteiger partial charge in [0.05, 0.1) is 19.5 Å². The van der Waals surface area contributed by atoms with E-state index in [1.54, 1.807) is 0 Å². The molecule has 0 aromatic carbocycles. The number of halogens is 8. The maximum absolute atomic E-state index is 13.2. The average molecular weight is 443 g/mol. The van der Waals surface area contributed by atoms with Crippen LogP contribution in [0.3, 0.4) is 0 Å². The summed E-state index contributed by atoms with van der Waals surface area (Å²) in [5.41, 5.74) is -1.50. The van der Waals surface area contributed by atoms with Gasteiger partial charge in [-0.05, 0) is 0 Å². The van der Waals surface area contributed by atoms with Crippen LogP contribution in [0.5, 0.6) is 0 Å². The average Bonchev–Trinajstić information content (AvgIpc) is 2.30. The molecule has 0 aliphatic carbocycles. The van der Waals surface area contributed by atoms with Crippen LogP contribution >= 0.6 is 15.9 Å². The lowest BCUT2D eigenvalue weighted by Crippen LogP contribution is -2.48. The van der Waals surface area contributed by atoms with Crippen molar-refractivity contribution in [2.24, 2.45) is 5.41 Å². The first-order valence-electron chi connectivity index (χ1n) is 5.80. The summed E-state index contributed by atoms with van der Waals surface area (Å²) in [5, 5.41) is -0.198. The van der Waals surface area contributed by atoms with Gasteiger partial charge in [0, 0.05) is 10.7 Å². The highest BCUT2D eigenvalue weighted by molar-refractivity contribution is 9.09. The predicted molar refractivity (Wildman–Crippen MR) is 69.2 cm³/mol. The standard InChI is InChI=1S/C10H14BrF7O4S/c1-7(4-11,6-22-23(2,19)20)5-21-10(17,18)8(12,13)3-9(14,15)16/h3-6H2,1-2H3. The van der Waals surface area contributed by atoms with Crippen LogP contribution in [-0.2, 0) is 19.0 Å². The van der Waals surface area contributed by atoms with Crippen molar-refractivity contribution in [3.63, 3.8) is 0 Å². The van der Waals surface area contributed by atoms with Gasteiger partial charge >= 0.3 is 18.2 Å². The number of ether oxygens (including phenoxy) is 1. The molecule has 1 unspecified atom stereocenters. The normalized spacial score (nSPS) is 17.1. The largest absolute Gasteiger partial charge is 0.419 e. The van der Waals surface area contributed by atoms with Crippen LogP contribution in [0.25, 0.3) is 0 Å². The van der Waals surface area contributed by atoms with E-state index in [4.69, 9.17) is 0 Å². The van der Waals surface area contributed by atoms with Gasteiger partial charge in [0.2, 0.25) is 0 Å². The Labute approximate surface area is 136 Å². The minimum atomic E-state index is -5.52. The molecule has 0 spiro atoms. The first-order valence-corrected chi connectivity index (χ1v) is 8.74. The second-order valence-corrected chi connectivity index (χ2v) is 7.42. The van der Waals surface area contributed by atoms with E-state index in [-0.39, 0.29) is 5.33 Å². The molecule has 23 heavy (non-hydrogen) atoms. The third-order valence-corrected chi connectivity index (χ3v) is 4.29. The highest BCUT2D eigenvalue weighted by Crippen LogP contribution is 2.43. The first-order chi connectivity index (χ1) is 9.93. The second-order valence-electron chi connectivity index (χ2n) is 5.21. The zero-order valence-corrected chi connectivity index (χ0v) is 14.3. The second kappa shape index (κ2) is 7.40. The van der Waals surface area contributed by atoms with Crippen molar-refractivity contribution in [2.45, 2.75) is 31.6 Å². The van der Waals surface area contributed by atoms with E-state index in [0.29, 0.717) is 6.26 Å². The molecule has 4 nitrogen and oxygen atoms in total. The molecule has 1 atom stereocenters. The van der Waals surface area contributed by atoms with Crippen molar-refractivity contribution in [2.75, 3.05) is 24.8 Å². The maximum atomic E-state index is 13.2. The summed E-state index contributed by atoms with van der Waals surface area (Å²) in [6.07, 6.45) is -13.3. The molecule has 0 radical (unpaired) electrons. The van der Waals surface area contributed by atoms with Crippen LogP contribution in [0, 0.1) is 5.41 Å². The minimum Gasteiger partial charge on any atom is -0.315 e. The third kappa shape index (κ3) is 8.49. The van der Waals surface area contributed by atoms with Crippen molar-refractivity contribution in [3.8, 4) is 0 Å². The number of hydrogen-bond acceptors (Lipinski definition) is 4. The van der Waals surface area contributed by atoms with Gasteiger partial charge in [-0.3, -0.25) is 4.18 Å². The van der Waals surface area contributed by atoms with Gasteiger partial charge in [-0.15, -0.1) is 0 Å². The van der Waals surface area contributed by atoms with Crippen LogP contribution in [0.2, 0.25) is 0 Å². The molecule has 140 valence electrons. The Kier molecular flexibility index (Phi) is 7.35. The van der Waals surface area contributed by atoms with Crippen LogP contribution < -0.4 is 0 Å². The molecular formula is C10H14BrF7O4S. The van der Waals surface area contributed by atoms with E-state index in [1.165, 1.54) is 0 Å². The quantitative estimate of drug-likeness (QED) is 0.311. The van der Waals surface area contributed by atoms with Gasteiger partial charge in [-0.1, -0.05) is 22.9 Å². The van der Waals surface area contributed by atoms with Crippen molar-refractivity contribution in [1.82, 2.24) is 0 Å².